The zero-order chi connectivity index (χ0) is 20.1. The molecule has 4 N–H and O–H groups in total. The molecule has 0 unspecified atom stereocenters. The third-order valence-corrected chi connectivity index (χ3v) is 5.21. The average Bonchev–Trinajstić information content (AvgIpc) is 3.35. The fraction of sp³-hybridized carbons (Fsp3) is 0.350. The minimum absolute atomic E-state index is 0.0979. The smallest absolute Gasteiger partial charge is 0.164 e. The van der Waals surface area contributed by atoms with Gasteiger partial charge in [0.15, 0.2) is 5.65 Å². The van der Waals surface area contributed by atoms with Crippen molar-refractivity contribution in [1.82, 2.24) is 29.9 Å². The monoisotopic (exact) mass is 390 g/mol. The standard InChI is InChI=1S/C20H22N8O/c1-10(2)28-20-15(19(22)24-9-25-20)16(26-28)17-14(18(29-27-17)12-4-5-12)13-6-3-11(7-21)8-23-13/h3,6,8-10,12H,4-5,7,21H2,1-2H3,(H2,22,24,25). The predicted octanol–water partition coefficient (Wildman–Crippen LogP) is 3.04. The predicted molar refractivity (Wildman–Crippen MR) is 109 cm³/mol. The van der Waals surface area contributed by atoms with E-state index >= 15 is 0 Å². The van der Waals surface area contributed by atoms with Crippen molar-refractivity contribution < 1.29 is 4.52 Å². The highest BCUT2D eigenvalue weighted by molar-refractivity contribution is 6.00. The normalized spacial score (nSPS) is 14.2. The molecule has 0 aliphatic heterocycles. The van der Waals surface area contributed by atoms with Crippen molar-refractivity contribution >= 4 is 16.9 Å². The highest BCUT2D eigenvalue weighted by Crippen LogP contribution is 2.48. The molecule has 0 amide bonds. The number of anilines is 1. The number of nitrogens with two attached hydrogens (primary N) is 2. The van der Waals surface area contributed by atoms with Gasteiger partial charge in [-0.3, -0.25) is 4.98 Å². The fourth-order valence-electron chi connectivity index (χ4n) is 3.55. The minimum Gasteiger partial charge on any atom is -0.383 e. The van der Waals surface area contributed by atoms with Crippen molar-refractivity contribution in [3.8, 4) is 22.6 Å². The summed E-state index contributed by atoms with van der Waals surface area (Å²) in [5.74, 6) is 1.57. The van der Waals surface area contributed by atoms with Crippen LogP contribution in [0, 0.1) is 0 Å². The number of nitrogens with zero attached hydrogens (tertiary/aromatic N) is 6. The Morgan fingerprint density at radius 1 is 1.17 bits per heavy atom. The van der Waals surface area contributed by atoms with Gasteiger partial charge in [0.2, 0.25) is 0 Å². The molecule has 4 aromatic heterocycles. The Hall–Kier alpha value is -3.33. The highest BCUT2D eigenvalue weighted by Gasteiger charge is 2.35. The van der Waals surface area contributed by atoms with Crippen LogP contribution in [-0.4, -0.2) is 29.9 Å². The largest absolute Gasteiger partial charge is 0.383 e. The van der Waals surface area contributed by atoms with E-state index in [-0.39, 0.29) is 6.04 Å². The van der Waals surface area contributed by atoms with E-state index in [1.165, 1.54) is 6.33 Å². The molecule has 1 saturated carbocycles. The highest BCUT2D eigenvalue weighted by atomic mass is 16.5. The van der Waals surface area contributed by atoms with Crippen LogP contribution in [0.2, 0.25) is 0 Å². The molecule has 9 heteroatoms. The molecule has 1 aliphatic rings. The summed E-state index contributed by atoms with van der Waals surface area (Å²) in [6.45, 7) is 4.53. The zero-order valence-corrected chi connectivity index (χ0v) is 16.3. The van der Waals surface area contributed by atoms with Crippen LogP contribution in [0.5, 0.6) is 0 Å². The van der Waals surface area contributed by atoms with E-state index in [1.807, 2.05) is 30.7 Å². The summed E-state index contributed by atoms with van der Waals surface area (Å²) in [5.41, 5.74) is 16.5. The van der Waals surface area contributed by atoms with Gasteiger partial charge in [-0.1, -0.05) is 11.2 Å². The topological polar surface area (TPSA) is 135 Å². The summed E-state index contributed by atoms with van der Waals surface area (Å²) in [4.78, 5) is 13.2. The summed E-state index contributed by atoms with van der Waals surface area (Å²) >= 11 is 0. The Morgan fingerprint density at radius 3 is 2.66 bits per heavy atom. The molecule has 0 radical (unpaired) electrons. The van der Waals surface area contributed by atoms with Crippen LogP contribution < -0.4 is 11.5 Å². The molecule has 0 spiro atoms. The first-order chi connectivity index (χ1) is 14.1. The second kappa shape index (κ2) is 6.63. The average molecular weight is 390 g/mol. The number of pyridine rings is 1. The molecule has 9 nitrogen and oxygen atoms in total. The second-order valence-electron chi connectivity index (χ2n) is 7.64. The lowest BCUT2D eigenvalue weighted by atomic mass is 10.0. The van der Waals surface area contributed by atoms with Crippen molar-refractivity contribution in [2.75, 3.05) is 5.73 Å². The Balaban J connectivity index is 1.77. The lowest BCUT2D eigenvalue weighted by Gasteiger charge is -2.05. The Bertz CT molecular complexity index is 1190. The zero-order valence-electron chi connectivity index (χ0n) is 16.3. The van der Waals surface area contributed by atoms with Crippen LogP contribution in [0.3, 0.4) is 0 Å². The molecule has 1 fully saturated rings. The Labute approximate surface area is 167 Å². The van der Waals surface area contributed by atoms with Crippen molar-refractivity contribution in [2.45, 2.75) is 45.2 Å². The molecule has 29 heavy (non-hydrogen) atoms. The van der Waals surface area contributed by atoms with Gasteiger partial charge in [-0.05, 0) is 38.3 Å². The molecule has 148 valence electrons. The van der Waals surface area contributed by atoms with Gasteiger partial charge in [0.1, 0.15) is 29.3 Å². The summed E-state index contributed by atoms with van der Waals surface area (Å²) in [7, 11) is 0. The molecule has 0 saturated heterocycles. The molecule has 5 rings (SSSR count). The molecule has 0 aromatic carbocycles. The minimum atomic E-state index is 0.0979. The van der Waals surface area contributed by atoms with Gasteiger partial charge in [0.25, 0.3) is 0 Å². The van der Waals surface area contributed by atoms with E-state index in [2.05, 4.69) is 20.1 Å². The maximum atomic E-state index is 6.22. The summed E-state index contributed by atoms with van der Waals surface area (Å²) in [6.07, 6.45) is 5.39. The van der Waals surface area contributed by atoms with Crippen LogP contribution in [0.1, 0.15) is 50.0 Å². The van der Waals surface area contributed by atoms with Crippen molar-refractivity contribution in [3.05, 3.63) is 36.0 Å². The van der Waals surface area contributed by atoms with Gasteiger partial charge < -0.3 is 16.0 Å². The van der Waals surface area contributed by atoms with E-state index in [0.29, 0.717) is 40.7 Å². The number of rotatable bonds is 5. The van der Waals surface area contributed by atoms with Crippen LogP contribution in [0.4, 0.5) is 5.82 Å². The SMILES string of the molecule is CC(C)n1nc(-c2noc(C3CC3)c2-c2ccc(CN)cn2)c2c(N)ncnc21. The molecule has 4 heterocycles. The third-order valence-electron chi connectivity index (χ3n) is 5.21. The summed E-state index contributed by atoms with van der Waals surface area (Å²) < 4.78 is 7.63. The fourth-order valence-corrected chi connectivity index (χ4v) is 3.55. The van der Waals surface area contributed by atoms with E-state index in [1.54, 1.807) is 6.20 Å². The Kier molecular flexibility index (Phi) is 4.06. The number of hydrogen-bond acceptors (Lipinski definition) is 8. The maximum Gasteiger partial charge on any atom is 0.164 e. The van der Waals surface area contributed by atoms with Crippen LogP contribution in [0.15, 0.2) is 29.2 Å². The molecule has 0 atom stereocenters. The van der Waals surface area contributed by atoms with Crippen molar-refractivity contribution in [1.29, 1.82) is 0 Å². The van der Waals surface area contributed by atoms with Crippen LogP contribution in [-0.2, 0) is 6.54 Å². The number of aromatic nitrogens is 6. The van der Waals surface area contributed by atoms with Crippen LogP contribution in [0.25, 0.3) is 33.7 Å². The van der Waals surface area contributed by atoms with E-state index in [9.17, 15) is 0 Å². The lowest BCUT2D eigenvalue weighted by Crippen LogP contribution is -2.04. The maximum absolute atomic E-state index is 6.22. The van der Waals surface area contributed by atoms with Crippen LogP contribution >= 0.6 is 0 Å². The first kappa shape index (κ1) is 17.7. The molecule has 1 aliphatic carbocycles. The van der Waals surface area contributed by atoms with E-state index < -0.39 is 0 Å². The molecule has 0 bridgehead atoms. The van der Waals surface area contributed by atoms with Gasteiger partial charge in [-0.2, -0.15) is 5.10 Å². The Morgan fingerprint density at radius 2 is 2.00 bits per heavy atom. The van der Waals surface area contributed by atoms with Gasteiger partial charge in [-0.15, -0.1) is 0 Å². The van der Waals surface area contributed by atoms with Gasteiger partial charge in [-0.25, -0.2) is 14.6 Å². The lowest BCUT2D eigenvalue weighted by molar-refractivity contribution is 0.386. The first-order valence-electron chi connectivity index (χ1n) is 9.72. The number of hydrogen-bond donors (Lipinski definition) is 2. The number of nitrogen functional groups attached to an aromatic ring is 1. The quantitative estimate of drug-likeness (QED) is 0.531. The van der Waals surface area contributed by atoms with Gasteiger partial charge in [0.05, 0.1) is 16.6 Å². The first-order valence-corrected chi connectivity index (χ1v) is 9.72. The summed E-state index contributed by atoms with van der Waals surface area (Å²) in [6, 6.07) is 4.02. The summed E-state index contributed by atoms with van der Waals surface area (Å²) in [5, 5.41) is 9.88. The molecular weight excluding hydrogens is 368 g/mol. The van der Waals surface area contributed by atoms with Crippen molar-refractivity contribution in [2.24, 2.45) is 5.73 Å². The molecular formula is C20H22N8O. The molecule has 4 aromatic rings. The number of fused-ring (bicyclic) bond motifs is 1. The van der Waals surface area contributed by atoms with E-state index in [0.717, 1.165) is 35.4 Å². The van der Waals surface area contributed by atoms with Crippen molar-refractivity contribution in [3.63, 3.8) is 0 Å². The third kappa shape index (κ3) is 2.85. The van der Waals surface area contributed by atoms with E-state index in [4.69, 9.17) is 21.1 Å². The van der Waals surface area contributed by atoms with Gasteiger partial charge >= 0.3 is 0 Å². The van der Waals surface area contributed by atoms with Gasteiger partial charge in [0, 0.05) is 24.7 Å². The second-order valence-corrected chi connectivity index (χ2v) is 7.64.